The van der Waals surface area contributed by atoms with Gasteiger partial charge in [0.1, 0.15) is 17.3 Å². The molecule has 0 saturated heterocycles. The summed E-state index contributed by atoms with van der Waals surface area (Å²) in [5, 5.41) is 23.7. The van der Waals surface area contributed by atoms with Crippen LogP contribution in [0.5, 0.6) is 0 Å². The average molecular weight is 716 g/mol. The third-order valence-electron chi connectivity index (χ3n) is 7.91. The predicted molar refractivity (Wildman–Crippen MR) is 186 cm³/mol. The molecule has 1 amide bonds. The lowest BCUT2D eigenvalue weighted by molar-refractivity contribution is -0.224. The number of carbonyl (C=O) groups is 1. The van der Waals surface area contributed by atoms with Gasteiger partial charge >= 0.3 is 6.18 Å². The number of aromatic nitrogens is 2. The van der Waals surface area contributed by atoms with Crippen LogP contribution >= 0.6 is 11.6 Å². The highest BCUT2D eigenvalue weighted by molar-refractivity contribution is 6.17. The van der Waals surface area contributed by atoms with E-state index < -0.39 is 41.6 Å². The summed E-state index contributed by atoms with van der Waals surface area (Å²) in [6.45, 7) is 4.98. The third kappa shape index (κ3) is 8.95. The number of unbranched alkanes of at least 4 members (excludes halogenated alkanes) is 1. The van der Waals surface area contributed by atoms with Gasteiger partial charge in [-0.3, -0.25) is 9.59 Å². The number of benzene rings is 2. The molecule has 0 bridgehead atoms. The van der Waals surface area contributed by atoms with Gasteiger partial charge in [-0.05, 0) is 59.7 Å². The number of halogens is 5. The quantitative estimate of drug-likeness (QED) is 0.0481. The van der Waals surface area contributed by atoms with Crippen molar-refractivity contribution in [1.29, 1.82) is 5.41 Å². The van der Waals surface area contributed by atoms with Gasteiger partial charge in [0.2, 0.25) is 0 Å². The standard InChI is InChI=1S/C36H38ClF4N5O4/c1-35(2,3)24-14-22(17-42)31(27(38)16-24)33(48)45-28-9-7-8-25(26(28)20-47)23-15-29(34(49)46(4)19-23)44-30-11-10-21(18-43-30)32(36(39,40)41)50-13-6-5-12-37/h7-11,14-19,32,42,47H,5-6,12-13,20H2,1-4H3,(H,43,44)(H,45,48). The molecule has 0 fully saturated rings. The Bertz CT molecular complexity index is 1910. The zero-order valence-corrected chi connectivity index (χ0v) is 28.7. The summed E-state index contributed by atoms with van der Waals surface area (Å²) in [7, 11) is 1.50. The van der Waals surface area contributed by atoms with Crippen LogP contribution in [0.3, 0.4) is 0 Å². The monoisotopic (exact) mass is 715 g/mol. The molecule has 266 valence electrons. The second kappa shape index (κ2) is 16.0. The third-order valence-corrected chi connectivity index (χ3v) is 8.17. The van der Waals surface area contributed by atoms with Gasteiger partial charge in [0, 0.05) is 66.1 Å². The van der Waals surface area contributed by atoms with Crippen LogP contribution < -0.4 is 16.2 Å². The Balaban J connectivity index is 1.64. The van der Waals surface area contributed by atoms with Crippen molar-refractivity contribution in [2.24, 2.45) is 7.05 Å². The van der Waals surface area contributed by atoms with Crippen molar-refractivity contribution in [2.45, 2.75) is 57.9 Å². The van der Waals surface area contributed by atoms with Gasteiger partial charge in [0.05, 0.1) is 12.2 Å². The first-order valence-corrected chi connectivity index (χ1v) is 16.2. The Kier molecular flexibility index (Phi) is 12.2. The number of amides is 1. The highest BCUT2D eigenvalue weighted by Crippen LogP contribution is 2.36. The number of alkyl halides is 4. The maximum Gasteiger partial charge on any atom is 0.418 e. The maximum absolute atomic E-state index is 15.3. The summed E-state index contributed by atoms with van der Waals surface area (Å²) in [5.74, 6) is -1.21. The molecular weight excluding hydrogens is 678 g/mol. The Hall–Kier alpha value is -4.59. The van der Waals surface area contributed by atoms with E-state index in [0.717, 1.165) is 12.4 Å². The number of nitrogens with one attached hydrogen (secondary N) is 3. The predicted octanol–water partition coefficient (Wildman–Crippen LogP) is 8.01. The Morgan fingerprint density at radius 3 is 2.46 bits per heavy atom. The van der Waals surface area contributed by atoms with Crippen LogP contribution in [0.1, 0.15) is 72.3 Å². The van der Waals surface area contributed by atoms with Crippen molar-refractivity contribution in [3.8, 4) is 11.1 Å². The van der Waals surface area contributed by atoms with Gasteiger partial charge < -0.3 is 30.5 Å². The number of carbonyl (C=O) groups excluding carboxylic acids is 1. The van der Waals surface area contributed by atoms with Gasteiger partial charge in [-0.1, -0.05) is 39.0 Å². The number of hydrogen-bond donors (Lipinski definition) is 4. The Labute approximate surface area is 291 Å². The van der Waals surface area contributed by atoms with E-state index >= 15 is 4.39 Å². The van der Waals surface area contributed by atoms with Crippen LogP contribution in [0.15, 0.2) is 65.7 Å². The van der Waals surface area contributed by atoms with E-state index in [1.807, 2.05) is 20.8 Å². The van der Waals surface area contributed by atoms with Crippen LogP contribution in [0.2, 0.25) is 0 Å². The molecule has 4 N–H and O–H groups in total. The fraction of sp³-hybridized carbons (Fsp3) is 0.333. The van der Waals surface area contributed by atoms with Crippen molar-refractivity contribution in [3.05, 3.63) is 105 Å². The number of ether oxygens (including phenoxy) is 1. The van der Waals surface area contributed by atoms with Crippen molar-refractivity contribution < 1.29 is 32.2 Å². The summed E-state index contributed by atoms with van der Waals surface area (Å²) in [6.07, 6.45) is -2.53. The molecule has 2 aromatic heterocycles. The number of rotatable bonds is 13. The molecular formula is C36H38ClF4N5O4. The summed E-state index contributed by atoms with van der Waals surface area (Å²) in [5.41, 5.74) is 0.615. The topological polar surface area (TPSA) is 129 Å². The van der Waals surface area contributed by atoms with E-state index in [0.29, 0.717) is 35.4 Å². The highest BCUT2D eigenvalue weighted by Gasteiger charge is 2.42. The first-order valence-electron chi connectivity index (χ1n) is 15.7. The first-order chi connectivity index (χ1) is 23.6. The lowest BCUT2D eigenvalue weighted by Gasteiger charge is -2.21. The fourth-order valence-electron chi connectivity index (χ4n) is 5.24. The molecule has 4 aromatic rings. The van der Waals surface area contributed by atoms with Crippen LogP contribution in [0.4, 0.5) is 34.8 Å². The zero-order chi connectivity index (χ0) is 36.8. The fourth-order valence-corrected chi connectivity index (χ4v) is 5.43. The van der Waals surface area contributed by atoms with Gasteiger partial charge in [-0.25, -0.2) is 9.37 Å². The number of hydrogen-bond acceptors (Lipinski definition) is 7. The lowest BCUT2D eigenvalue weighted by atomic mass is 9.85. The van der Waals surface area contributed by atoms with E-state index in [4.69, 9.17) is 21.7 Å². The molecule has 0 aliphatic carbocycles. The number of aliphatic hydroxyl groups excluding tert-OH is 1. The molecule has 0 aliphatic heterocycles. The normalized spacial score (nSPS) is 12.4. The second-order valence-corrected chi connectivity index (χ2v) is 13.0. The van der Waals surface area contributed by atoms with Crippen molar-refractivity contribution >= 4 is 40.9 Å². The molecule has 1 unspecified atom stereocenters. The highest BCUT2D eigenvalue weighted by atomic mass is 35.5. The van der Waals surface area contributed by atoms with E-state index in [-0.39, 0.29) is 46.1 Å². The van der Waals surface area contributed by atoms with Crippen molar-refractivity contribution in [3.63, 3.8) is 0 Å². The summed E-state index contributed by atoms with van der Waals surface area (Å²) in [4.78, 5) is 30.5. The summed E-state index contributed by atoms with van der Waals surface area (Å²) in [6, 6.07) is 11.6. The zero-order valence-electron chi connectivity index (χ0n) is 27.9. The van der Waals surface area contributed by atoms with Crippen LogP contribution in [-0.4, -0.2) is 45.4 Å². The second-order valence-electron chi connectivity index (χ2n) is 12.6. The van der Waals surface area contributed by atoms with E-state index in [1.54, 1.807) is 18.2 Å². The number of aliphatic hydroxyl groups is 1. The molecule has 0 spiro atoms. The Morgan fingerprint density at radius 1 is 1.12 bits per heavy atom. The lowest BCUT2D eigenvalue weighted by Crippen LogP contribution is -2.24. The largest absolute Gasteiger partial charge is 0.418 e. The molecule has 1 atom stereocenters. The van der Waals surface area contributed by atoms with Crippen molar-refractivity contribution in [1.82, 2.24) is 9.55 Å². The van der Waals surface area contributed by atoms with E-state index in [1.165, 1.54) is 48.1 Å². The van der Waals surface area contributed by atoms with E-state index in [9.17, 15) is 27.9 Å². The minimum atomic E-state index is -4.67. The molecule has 0 radical (unpaired) electrons. The smallest absolute Gasteiger partial charge is 0.392 e. The molecule has 14 heteroatoms. The van der Waals surface area contributed by atoms with Crippen LogP contribution in [0.25, 0.3) is 11.1 Å². The molecule has 4 rings (SSSR count). The average Bonchev–Trinajstić information content (AvgIpc) is 3.05. The number of anilines is 3. The van der Waals surface area contributed by atoms with Gasteiger partial charge in [0.25, 0.3) is 11.5 Å². The molecule has 9 nitrogen and oxygen atoms in total. The van der Waals surface area contributed by atoms with Gasteiger partial charge in [-0.15, -0.1) is 11.6 Å². The van der Waals surface area contributed by atoms with Gasteiger partial charge in [0.15, 0.2) is 6.10 Å². The maximum atomic E-state index is 15.3. The number of aryl methyl sites for hydroxylation is 1. The van der Waals surface area contributed by atoms with E-state index in [2.05, 4.69) is 15.6 Å². The van der Waals surface area contributed by atoms with Crippen LogP contribution in [-0.2, 0) is 23.8 Å². The minimum absolute atomic E-state index is 0.0323. The molecule has 50 heavy (non-hydrogen) atoms. The molecule has 2 aromatic carbocycles. The van der Waals surface area contributed by atoms with Crippen LogP contribution in [0, 0.1) is 11.2 Å². The van der Waals surface area contributed by atoms with Gasteiger partial charge in [-0.2, -0.15) is 13.2 Å². The minimum Gasteiger partial charge on any atom is -0.392 e. The van der Waals surface area contributed by atoms with Crippen molar-refractivity contribution in [2.75, 3.05) is 23.1 Å². The summed E-state index contributed by atoms with van der Waals surface area (Å²) >= 11 is 5.60. The summed E-state index contributed by atoms with van der Waals surface area (Å²) < 4.78 is 62.8. The number of pyridine rings is 2. The first kappa shape index (κ1) is 38.2. The number of nitrogens with zero attached hydrogens (tertiary/aromatic N) is 2. The molecule has 0 aliphatic rings. The molecule has 0 saturated carbocycles. The Morgan fingerprint density at radius 2 is 1.86 bits per heavy atom. The SMILES string of the molecule is Cn1cc(-c2cccc(NC(=O)c3c(F)cc(C(C)(C)C)cc3C=N)c2CO)cc(Nc2ccc(C(OCCCCCl)C(F)(F)F)cn2)c1=O. The molecule has 2 heterocycles.